The van der Waals surface area contributed by atoms with Crippen LogP contribution in [0.4, 0.5) is 0 Å². The Morgan fingerprint density at radius 2 is 1.50 bits per heavy atom. The van der Waals surface area contributed by atoms with E-state index in [1.165, 1.54) is 11.1 Å². The van der Waals surface area contributed by atoms with E-state index in [9.17, 15) is 5.11 Å². The molecule has 0 amide bonds. The molecule has 0 saturated heterocycles. The molecule has 0 saturated carbocycles. The van der Waals surface area contributed by atoms with E-state index in [1.807, 2.05) is 6.92 Å². The standard InChI is InChI=1S/C15H23O/c1-4-8-12-10-7-11-13(9-5-2)15(12)14(16)6-3/h7,10-11,14H,4-6,8-9H2,1-3H3. The van der Waals surface area contributed by atoms with Gasteiger partial charge in [0.2, 0.25) is 0 Å². The zero-order valence-electron chi connectivity index (χ0n) is 10.8. The third-order valence-corrected chi connectivity index (χ3v) is 3.02. The van der Waals surface area contributed by atoms with Gasteiger partial charge in [-0.2, -0.15) is 0 Å². The Hall–Kier alpha value is -0.820. The average Bonchev–Trinajstić information content (AvgIpc) is 2.29. The molecule has 0 fully saturated rings. The van der Waals surface area contributed by atoms with Gasteiger partial charge in [0.1, 0.15) is 6.10 Å². The first-order valence-corrected chi connectivity index (χ1v) is 6.51. The van der Waals surface area contributed by atoms with Gasteiger partial charge in [-0.15, -0.1) is 0 Å². The van der Waals surface area contributed by atoms with Crippen LogP contribution in [0.1, 0.15) is 62.8 Å². The summed E-state index contributed by atoms with van der Waals surface area (Å²) in [4.78, 5) is 0. The molecule has 1 rings (SSSR count). The Kier molecular flexibility index (Phi) is 5.54. The SMILES string of the molecule is CCCc1cccc(CCC)c1C([O])CC. The predicted octanol–water partition coefficient (Wildman–Crippen LogP) is 4.47. The van der Waals surface area contributed by atoms with Crippen molar-refractivity contribution in [3.8, 4) is 0 Å². The van der Waals surface area contributed by atoms with Gasteiger partial charge in [-0.3, -0.25) is 0 Å². The maximum Gasteiger partial charge on any atom is 0.118 e. The molecule has 0 N–H and O–H groups in total. The molecule has 1 radical (unpaired) electrons. The fourth-order valence-electron chi connectivity index (χ4n) is 2.26. The lowest BCUT2D eigenvalue weighted by atomic mass is 9.91. The minimum atomic E-state index is -0.538. The fraction of sp³-hybridized carbons (Fsp3) is 0.600. The monoisotopic (exact) mass is 219 g/mol. The molecule has 0 aromatic heterocycles. The fourth-order valence-corrected chi connectivity index (χ4v) is 2.26. The highest BCUT2D eigenvalue weighted by Gasteiger charge is 2.15. The number of hydrogen-bond acceptors (Lipinski definition) is 0. The molecule has 1 aromatic carbocycles. The van der Waals surface area contributed by atoms with Gasteiger partial charge in [0, 0.05) is 0 Å². The van der Waals surface area contributed by atoms with Crippen LogP contribution in [0.15, 0.2) is 18.2 Å². The van der Waals surface area contributed by atoms with E-state index >= 15 is 0 Å². The van der Waals surface area contributed by atoms with Gasteiger partial charge in [-0.05, 0) is 36.0 Å². The molecule has 0 spiro atoms. The Morgan fingerprint density at radius 1 is 1.00 bits per heavy atom. The largest absolute Gasteiger partial charge is 0.228 e. The van der Waals surface area contributed by atoms with Crippen LogP contribution in [0, 0.1) is 0 Å². The molecule has 0 heterocycles. The van der Waals surface area contributed by atoms with Crippen molar-refractivity contribution in [3.05, 3.63) is 34.9 Å². The summed E-state index contributed by atoms with van der Waals surface area (Å²) < 4.78 is 0. The molecule has 1 atom stereocenters. The second-order valence-corrected chi connectivity index (χ2v) is 4.39. The van der Waals surface area contributed by atoms with Gasteiger partial charge in [-0.25, -0.2) is 5.11 Å². The van der Waals surface area contributed by atoms with E-state index in [4.69, 9.17) is 0 Å². The number of rotatable bonds is 6. The van der Waals surface area contributed by atoms with E-state index in [2.05, 4.69) is 32.0 Å². The summed E-state index contributed by atoms with van der Waals surface area (Å²) in [6.07, 6.45) is 4.44. The summed E-state index contributed by atoms with van der Waals surface area (Å²) in [6.45, 7) is 6.32. The highest BCUT2D eigenvalue weighted by atomic mass is 16.3. The Bertz CT molecular complexity index is 293. The molecule has 1 unspecified atom stereocenters. The first-order chi connectivity index (χ1) is 7.74. The van der Waals surface area contributed by atoms with Crippen molar-refractivity contribution in [3.63, 3.8) is 0 Å². The normalized spacial score (nSPS) is 12.8. The van der Waals surface area contributed by atoms with Gasteiger partial charge in [0.05, 0.1) is 0 Å². The van der Waals surface area contributed by atoms with Crippen molar-refractivity contribution in [2.45, 2.75) is 59.0 Å². The Morgan fingerprint density at radius 3 is 1.88 bits per heavy atom. The van der Waals surface area contributed by atoms with Crippen LogP contribution in [0.3, 0.4) is 0 Å². The minimum absolute atomic E-state index is 0.538. The second-order valence-electron chi connectivity index (χ2n) is 4.39. The van der Waals surface area contributed by atoms with Crippen LogP contribution >= 0.6 is 0 Å². The molecule has 0 aliphatic rings. The molecule has 89 valence electrons. The van der Waals surface area contributed by atoms with Crippen LogP contribution in [0.25, 0.3) is 0 Å². The lowest BCUT2D eigenvalue weighted by Crippen LogP contribution is -2.05. The molecule has 16 heavy (non-hydrogen) atoms. The van der Waals surface area contributed by atoms with E-state index in [1.54, 1.807) is 0 Å². The zero-order chi connectivity index (χ0) is 12.0. The molecule has 0 bridgehead atoms. The van der Waals surface area contributed by atoms with Crippen molar-refractivity contribution in [1.82, 2.24) is 0 Å². The van der Waals surface area contributed by atoms with E-state index in [0.29, 0.717) is 6.42 Å². The molecule has 1 aromatic rings. The smallest absolute Gasteiger partial charge is 0.118 e. The minimum Gasteiger partial charge on any atom is -0.228 e. The number of aryl methyl sites for hydroxylation is 2. The van der Waals surface area contributed by atoms with Crippen LogP contribution in [0.5, 0.6) is 0 Å². The van der Waals surface area contributed by atoms with Gasteiger partial charge < -0.3 is 0 Å². The second kappa shape index (κ2) is 6.70. The average molecular weight is 219 g/mol. The maximum atomic E-state index is 12.1. The molecular weight excluding hydrogens is 196 g/mol. The third-order valence-electron chi connectivity index (χ3n) is 3.02. The van der Waals surface area contributed by atoms with E-state index in [0.717, 1.165) is 31.2 Å². The van der Waals surface area contributed by atoms with Gasteiger partial charge >= 0.3 is 0 Å². The molecule has 1 heteroatoms. The van der Waals surface area contributed by atoms with Gasteiger partial charge in [0.25, 0.3) is 0 Å². The van der Waals surface area contributed by atoms with Crippen molar-refractivity contribution in [2.75, 3.05) is 0 Å². The molecule has 0 aliphatic carbocycles. The first-order valence-electron chi connectivity index (χ1n) is 6.51. The Labute approximate surface area is 99.5 Å². The van der Waals surface area contributed by atoms with Crippen molar-refractivity contribution >= 4 is 0 Å². The van der Waals surface area contributed by atoms with E-state index in [-0.39, 0.29) is 0 Å². The summed E-state index contributed by atoms with van der Waals surface area (Å²) in [5.41, 5.74) is 3.64. The highest BCUT2D eigenvalue weighted by molar-refractivity contribution is 5.37. The number of hydrogen-bond donors (Lipinski definition) is 0. The first kappa shape index (κ1) is 13.2. The lowest BCUT2D eigenvalue weighted by Gasteiger charge is -2.17. The van der Waals surface area contributed by atoms with Crippen molar-refractivity contribution in [2.24, 2.45) is 0 Å². The quantitative estimate of drug-likeness (QED) is 0.672. The zero-order valence-corrected chi connectivity index (χ0v) is 10.8. The predicted molar refractivity (Wildman–Crippen MR) is 68.2 cm³/mol. The van der Waals surface area contributed by atoms with E-state index < -0.39 is 6.10 Å². The highest BCUT2D eigenvalue weighted by Crippen LogP contribution is 2.27. The summed E-state index contributed by atoms with van der Waals surface area (Å²) in [7, 11) is 0. The summed E-state index contributed by atoms with van der Waals surface area (Å²) >= 11 is 0. The van der Waals surface area contributed by atoms with Gasteiger partial charge in [0.15, 0.2) is 0 Å². The Balaban J connectivity index is 3.11. The third kappa shape index (κ3) is 3.08. The van der Waals surface area contributed by atoms with Crippen LogP contribution in [-0.2, 0) is 17.9 Å². The van der Waals surface area contributed by atoms with Crippen molar-refractivity contribution < 1.29 is 5.11 Å². The van der Waals surface area contributed by atoms with Gasteiger partial charge in [-0.1, -0.05) is 51.8 Å². The van der Waals surface area contributed by atoms with Crippen molar-refractivity contribution in [1.29, 1.82) is 0 Å². The summed E-state index contributed by atoms with van der Waals surface area (Å²) in [5.74, 6) is 0. The topological polar surface area (TPSA) is 19.9 Å². The molecular formula is C15H23O. The maximum absolute atomic E-state index is 12.1. The summed E-state index contributed by atoms with van der Waals surface area (Å²) in [5, 5.41) is 12.1. The summed E-state index contributed by atoms with van der Waals surface area (Å²) in [6, 6.07) is 6.35. The molecule has 1 nitrogen and oxygen atoms in total. The molecule has 0 aliphatic heterocycles. The lowest BCUT2D eigenvalue weighted by molar-refractivity contribution is 0.0841. The van der Waals surface area contributed by atoms with Crippen LogP contribution in [-0.4, -0.2) is 0 Å². The van der Waals surface area contributed by atoms with Crippen LogP contribution < -0.4 is 0 Å². The number of benzene rings is 1. The van der Waals surface area contributed by atoms with Crippen LogP contribution in [0.2, 0.25) is 0 Å².